The van der Waals surface area contributed by atoms with E-state index in [1.54, 1.807) is 6.20 Å². The third-order valence-corrected chi connectivity index (χ3v) is 8.55. The van der Waals surface area contributed by atoms with Gasteiger partial charge in [0.1, 0.15) is 12.0 Å². The summed E-state index contributed by atoms with van der Waals surface area (Å²) in [6, 6.07) is 13.8. The highest BCUT2D eigenvalue weighted by Crippen LogP contribution is 2.45. The number of aromatic nitrogens is 2. The molecule has 2 fully saturated rings. The third-order valence-electron chi connectivity index (χ3n) is 6.68. The number of rotatable bonds is 8. The van der Waals surface area contributed by atoms with Gasteiger partial charge in [-0.3, -0.25) is 4.72 Å². The third kappa shape index (κ3) is 3.79. The van der Waals surface area contributed by atoms with Crippen LogP contribution in [0.1, 0.15) is 44.0 Å². The van der Waals surface area contributed by atoms with E-state index in [1.807, 2.05) is 42.5 Å². The molecule has 2 saturated carbocycles. The van der Waals surface area contributed by atoms with Crippen LogP contribution in [0.25, 0.3) is 22.2 Å². The highest BCUT2D eigenvalue weighted by atomic mass is 32.2. The fourth-order valence-electron chi connectivity index (χ4n) is 4.52. The van der Waals surface area contributed by atoms with E-state index in [1.165, 1.54) is 12.7 Å². The molecule has 0 unspecified atom stereocenters. The zero-order valence-corrected chi connectivity index (χ0v) is 19.4. The lowest BCUT2D eigenvalue weighted by Gasteiger charge is -2.30. The van der Waals surface area contributed by atoms with Gasteiger partial charge in [0.2, 0.25) is 15.9 Å². The molecule has 34 heavy (non-hydrogen) atoms. The first-order valence-corrected chi connectivity index (χ1v) is 13.1. The van der Waals surface area contributed by atoms with Crippen LogP contribution in [0.15, 0.2) is 59.3 Å². The van der Waals surface area contributed by atoms with Crippen molar-refractivity contribution in [1.82, 2.24) is 9.55 Å². The number of benzene rings is 2. The van der Waals surface area contributed by atoms with Crippen molar-refractivity contribution >= 4 is 32.3 Å². The Morgan fingerprint density at radius 2 is 1.91 bits per heavy atom. The van der Waals surface area contributed by atoms with Gasteiger partial charge in [0, 0.05) is 28.7 Å². The number of nitrogens with one attached hydrogen (secondary N) is 1. The van der Waals surface area contributed by atoms with Gasteiger partial charge in [-0.2, -0.15) is 0 Å². The number of oxazole rings is 1. The van der Waals surface area contributed by atoms with Crippen LogP contribution in [-0.4, -0.2) is 23.2 Å². The molecule has 2 aromatic carbocycles. The molecule has 0 amide bonds. The van der Waals surface area contributed by atoms with Crippen molar-refractivity contribution in [3.63, 3.8) is 0 Å². The van der Waals surface area contributed by atoms with Gasteiger partial charge in [-0.25, -0.2) is 13.4 Å². The largest absolute Gasteiger partial charge is 0.484 e. The zero-order chi connectivity index (χ0) is 23.3. The lowest BCUT2D eigenvalue weighted by atomic mass is 9.92. The lowest BCUT2D eigenvalue weighted by Crippen LogP contribution is -2.18. The van der Waals surface area contributed by atoms with Crippen molar-refractivity contribution in [2.75, 3.05) is 10.5 Å². The Morgan fingerprint density at radius 3 is 2.56 bits per heavy atom. The molecule has 2 heterocycles. The normalized spacial score (nSPS) is 16.5. The maximum Gasteiger partial charge on any atom is 0.235 e. The Hall–Kier alpha value is -3.46. The van der Waals surface area contributed by atoms with Gasteiger partial charge in [-0.15, -0.1) is 0 Å². The molecule has 2 aliphatic carbocycles. The fraction of sp³-hybridized carbons (Fsp3) is 0.320. The molecule has 6 rings (SSSR count). The van der Waals surface area contributed by atoms with Crippen LogP contribution in [0, 0.1) is 0 Å². The molecule has 0 bridgehead atoms. The molecule has 2 aliphatic rings. The minimum absolute atomic E-state index is 0.253. The number of fused-ring (bicyclic) bond motifs is 1. The van der Waals surface area contributed by atoms with Crippen LogP contribution >= 0.6 is 0 Å². The number of hydrogen-bond acceptors (Lipinski definition) is 6. The van der Waals surface area contributed by atoms with Crippen LogP contribution in [0.2, 0.25) is 0 Å². The minimum Gasteiger partial charge on any atom is -0.484 e. The molecule has 3 N–H and O–H groups in total. The van der Waals surface area contributed by atoms with Gasteiger partial charge >= 0.3 is 0 Å². The highest BCUT2D eigenvalue weighted by Gasteiger charge is 2.35. The summed E-state index contributed by atoms with van der Waals surface area (Å²) in [5, 5.41) is 0.716. The standard InChI is InChI=1S/C25H26N4O4S/c26-24-21-11-8-19(33-15-23-27-12-13-32-23)14-22(21)29(18-2-1-3-18)25(24)16-4-6-17(7-5-16)28-34(30,31)20-9-10-20/h4-8,11-14,18,20,28H,1-3,9-10,15,26H2. The van der Waals surface area contributed by atoms with Gasteiger partial charge in [0.15, 0.2) is 6.61 Å². The first-order valence-electron chi connectivity index (χ1n) is 11.6. The van der Waals surface area contributed by atoms with Crippen molar-refractivity contribution in [3.8, 4) is 17.0 Å². The Bertz CT molecular complexity index is 1430. The van der Waals surface area contributed by atoms with E-state index >= 15 is 0 Å². The molecule has 8 nitrogen and oxygen atoms in total. The molecule has 0 atom stereocenters. The van der Waals surface area contributed by atoms with E-state index < -0.39 is 10.0 Å². The van der Waals surface area contributed by atoms with Crippen LogP contribution in [-0.2, 0) is 16.6 Å². The van der Waals surface area contributed by atoms with Crippen molar-refractivity contribution in [2.24, 2.45) is 0 Å². The number of hydrogen-bond donors (Lipinski definition) is 2. The first-order chi connectivity index (χ1) is 16.5. The van der Waals surface area contributed by atoms with Crippen molar-refractivity contribution in [2.45, 2.75) is 50.0 Å². The quantitative estimate of drug-likeness (QED) is 0.365. The van der Waals surface area contributed by atoms with Gasteiger partial charge < -0.3 is 19.5 Å². The van der Waals surface area contributed by atoms with E-state index in [2.05, 4.69) is 14.3 Å². The van der Waals surface area contributed by atoms with Gasteiger partial charge in [-0.1, -0.05) is 12.1 Å². The molecule has 9 heteroatoms. The number of ether oxygens (including phenoxy) is 1. The summed E-state index contributed by atoms with van der Waals surface area (Å²) in [6.07, 6.45) is 7.96. The predicted octanol–water partition coefficient (Wildman–Crippen LogP) is 5.09. The van der Waals surface area contributed by atoms with E-state index in [-0.39, 0.29) is 11.9 Å². The topological polar surface area (TPSA) is 112 Å². The summed E-state index contributed by atoms with van der Waals surface area (Å²) in [5.74, 6) is 1.24. The van der Waals surface area contributed by atoms with Gasteiger partial charge in [0.25, 0.3) is 0 Å². The van der Waals surface area contributed by atoms with E-state index in [0.29, 0.717) is 23.3 Å². The second-order valence-corrected chi connectivity index (χ2v) is 11.0. The van der Waals surface area contributed by atoms with E-state index in [0.717, 1.165) is 53.6 Å². The van der Waals surface area contributed by atoms with Crippen molar-refractivity contribution in [3.05, 3.63) is 60.8 Å². The SMILES string of the molecule is Nc1c(-c2ccc(NS(=O)(=O)C3CC3)cc2)n(C2CCC2)c2cc(OCc3ncco3)ccc12. The number of nitrogen functional groups attached to an aromatic ring is 1. The highest BCUT2D eigenvalue weighted by molar-refractivity contribution is 7.93. The van der Waals surface area contributed by atoms with Gasteiger partial charge in [0.05, 0.1) is 28.3 Å². The van der Waals surface area contributed by atoms with E-state index in [4.69, 9.17) is 14.9 Å². The van der Waals surface area contributed by atoms with Crippen molar-refractivity contribution < 1.29 is 17.6 Å². The number of sulfonamides is 1. The molecule has 0 saturated heterocycles. The molecule has 0 radical (unpaired) electrons. The van der Waals surface area contributed by atoms with Crippen LogP contribution in [0.4, 0.5) is 11.4 Å². The number of nitrogens with zero attached hydrogens (tertiary/aromatic N) is 2. The average Bonchev–Trinajstić information content (AvgIpc) is 3.47. The Balaban J connectivity index is 1.36. The maximum absolute atomic E-state index is 12.3. The molecule has 0 aliphatic heterocycles. The molecular formula is C25H26N4O4S. The minimum atomic E-state index is -3.29. The van der Waals surface area contributed by atoms with E-state index in [9.17, 15) is 8.42 Å². The van der Waals surface area contributed by atoms with Gasteiger partial charge in [-0.05, 0) is 56.4 Å². The zero-order valence-electron chi connectivity index (χ0n) is 18.6. The molecular weight excluding hydrogens is 452 g/mol. The molecule has 0 spiro atoms. The molecule has 2 aromatic heterocycles. The van der Waals surface area contributed by atoms with Crippen LogP contribution in [0.5, 0.6) is 5.75 Å². The summed E-state index contributed by atoms with van der Waals surface area (Å²) in [7, 11) is -3.29. The summed E-state index contributed by atoms with van der Waals surface area (Å²) in [6.45, 7) is 0.253. The number of anilines is 2. The summed E-state index contributed by atoms with van der Waals surface area (Å²) >= 11 is 0. The molecule has 4 aromatic rings. The Labute approximate surface area is 197 Å². The second kappa shape index (κ2) is 8.09. The summed E-state index contributed by atoms with van der Waals surface area (Å²) < 4.78 is 40.8. The van der Waals surface area contributed by atoms with Crippen LogP contribution in [0.3, 0.4) is 0 Å². The monoisotopic (exact) mass is 478 g/mol. The van der Waals surface area contributed by atoms with Crippen LogP contribution < -0.4 is 15.2 Å². The lowest BCUT2D eigenvalue weighted by molar-refractivity contribution is 0.263. The second-order valence-electron chi connectivity index (χ2n) is 9.03. The fourth-order valence-corrected chi connectivity index (χ4v) is 5.90. The first kappa shape index (κ1) is 21.1. The summed E-state index contributed by atoms with van der Waals surface area (Å²) in [5.41, 5.74) is 10.9. The molecule has 176 valence electrons. The number of nitrogens with two attached hydrogens (primary N) is 1. The Kier molecular flexibility index (Phi) is 5.02. The Morgan fingerprint density at radius 1 is 1.12 bits per heavy atom. The maximum atomic E-state index is 12.3. The van der Waals surface area contributed by atoms with Crippen molar-refractivity contribution in [1.29, 1.82) is 0 Å². The average molecular weight is 479 g/mol. The smallest absolute Gasteiger partial charge is 0.235 e. The summed E-state index contributed by atoms with van der Waals surface area (Å²) in [4.78, 5) is 4.10. The predicted molar refractivity (Wildman–Crippen MR) is 131 cm³/mol.